The molecule has 0 amide bonds. The Labute approximate surface area is 93.8 Å². The molecule has 0 aliphatic carbocycles. The molecule has 80 valence electrons. The van der Waals surface area contributed by atoms with Gasteiger partial charge in [0, 0.05) is 6.20 Å². The van der Waals surface area contributed by atoms with Gasteiger partial charge in [0.2, 0.25) is 5.90 Å². The predicted octanol–water partition coefficient (Wildman–Crippen LogP) is 2.53. The van der Waals surface area contributed by atoms with Crippen LogP contribution < -0.4 is 0 Å². The van der Waals surface area contributed by atoms with Crippen molar-refractivity contribution in [3.63, 3.8) is 0 Å². The lowest BCUT2D eigenvalue weighted by Crippen LogP contribution is -2.01. The van der Waals surface area contributed by atoms with Crippen molar-refractivity contribution >= 4 is 5.90 Å². The van der Waals surface area contributed by atoms with Gasteiger partial charge >= 0.3 is 0 Å². The monoisotopic (exact) mass is 212 g/mol. The number of aromatic amines is 1. The van der Waals surface area contributed by atoms with Gasteiger partial charge in [-0.3, -0.25) is 0 Å². The molecule has 0 saturated carbocycles. The number of rotatable bonds is 2. The van der Waals surface area contributed by atoms with Crippen molar-refractivity contribution in [1.29, 1.82) is 0 Å². The lowest BCUT2D eigenvalue weighted by Gasteiger charge is -2.03. The Balaban J connectivity index is 1.87. The topological polar surface area (TPSA) is 37.4 Å². The second-order valence-corrected chi connectivity index (χ2v) is 3.76. The molecule has 2 aromatic rings. The standard InChI is InChI=1S/C13H12N2O/c1-2-5-10(6-3-1)12-9-16-13(15-12)11-7-4-8-14-11/h1-8,12,14H,9H2. The summed E-state index contributed by atoms with van der Waals surface area (Å²) >= 11 is 0. The maximum atomic E-state index is 5.58. The molecule has 1 unspecified atom stereocenters. The molecule has 1 aliphatic heterocycles. The summed E-state index contributed by atoms with van der Waals surface area (Å²) in [7, 11) is 0. The van der Waals surface area contributed by atoms with Crippen molar-refractivity contribution in [2.75, 3.05) is 6.61 Å². The number of benzene rings is 1. The van der Waals surface area contributed by atoms with Crippen molar-refractivity contribution in [3.8, 4) is 0 Å². The highest BCUT2D eigenvalue weighted by Crippen LogP contribution is 2.24. The number of aliphatic imine (C=N–C) groups is 1. The Morgan fingerprint density at radius 3 is 2.75 bits per heavy atom. The fourth-order valence-electron chi connectivity index (χ4n) is 1.83. The largest absolute Gasteiger partial charge is 0.474 e. The summed E-state index contributed by atoms with van der Waals surface area (Å²) in [5, 5.41) is 0. The average molecular weight is 212 g/mol. The number of ether oxygens (including phenoxy) is 1. The highest BCUT2D eigenvalue weighted by atomic mass is 16.5. The minimum atomic E-state index is 0.125. The first-order chi connectivity index (χ1) is 7.93. The van der Waals surface area contributed by atoms with Gasteiger partial charge in [0.05, 0.1) is 0 Å². The third-order valence-corrected chi connectivity index (χ3v) is 2.66. The minimum absolute atomic E-state index is 0.125. The van der Waals surface area contributed by atoms with Crippen molar-refractivity contribution in [2.24, 2.45) is 4.99 Å². The summed E-state index contributed by atoms with van der Waals surface area (Å²) in [5.41, 5.74) is 2.14. The van der Waals surface area contributed by atoms with Crippen LogP contribution in [0.4, 0.5) is 0 Å². The Bertz CT molecular complexity index is 488. The number of hydrogen-bond donors (Lipinski definition) is 1. The number of nitrogens with one attached hydrogen (secondary N) is 1. The first kappa shape index (κ1) is 9.21. The van der Waals surface area contributed by atoms with Crippen LogP contribution in [0.2, 0.25) is 0 Å². The molecule has 1 aromatic carbocycles. The Kier molecular flexibility index (Phi) is 2.22. The highest BCUT2D eigenvalue weighted by Gasteiger charge is 2.21. The van der Waals surface area contributed by atoms with Gasteiger partial charge in [0.1, 0.15) is 18.3 Å². The average Bonchev–Trinajstić information content (AvgIpc) is 3.01. The molecular weight excluding hydrogens is 200 g/mol. The molecule has 2 heterocycles. The summed E-state index contributed by atoms with van der Waals surface area (Å²) in [4.78, 5) is 7.66. The Morgan fingerprint density at radius 2 is 2.00 bits per heavy atom. The van der Waals surface area contributed by atoms with Crippen molar-refractivity contribution in [3.05, 3.63) is 59.9 Å². The van der Waals surface area contributed by atoms with Crippen LogP contribution in [0, 0.1) is 0 Å². The maximum Gasteiger partial charge on any atom is 0.233 e. The van der Waals surface area contributed by atoms with Gasteiger partial charge in [-0.2, -0.15) is 0 Å². The van der Waals surface area contributed by atoms with E-state index in [2.05, 4.69) is 22.1 Å². The molecule has 0 radical (unpaired) electrons. The Hall–Kier alpha value is -2.03. The second-order valence-electron chi connectivity index (χ2n) is 3.76. The van der Waals surface area contributed by atoms with Gasteiger partial charge < -0.3 is 9.72 Å². The molecule has 0 bridgehead atoms. The van der Waals surface area contributed by atoms with Crippen molar-refractivity contribution < 1.29 is 4.74 Å². The first-order valence-electron chi connectivity index (χ1n) is 5.33. The molecule has 1 aromatic heterocycles. The molecule has 0 saturated heterocycles. The van der Waals surface area contributed by atoms with Crippen LogP contribution in [0.25, 0.3) is 0 Å². The van der Waals surface area contributed by atoms with Gasteiger partial charge in [-0.15, -0.1) is 0 Å². The molecule has 0 fully saturated rings. The van der Waals surface area contributed by atoms with Crippen LogP contribution in [-0.2, 0) is 4.74 Å². The van der Waals surface area contributed by atoms with Crippen LogP contribution in [0.5, 0.6) is 0 Å². The third-order valence-electron chi connectivity index (χ3n) is 2.66. The van der Waals surface area contributed by atoms with E-state index in [0.29, 0.717) is 12.5 Å². The van der Waals surface area contributed by atoms with Crippen LogP contribution in [0.3, 0.4) is 0 Å². The molecule has 1 aliphatic rings. The van der Waals surface area contributed by atoms with Crippen molar-refractivity contribution in [2.45, 2.75) is 6.04 Å². The highest BCUT2D eigenvalue weighted by molar-refractivity contribution is 5.93. The summed E-state index contributed by atoms with van der Waals surface area (Å²) in [6.07, 6.45) is 1.87. The van der Waals surface area contributed by atoms with Gasteiger partial charge in [-0.25, -0.2) is 4.99 Å². The first-order valence-corrected chi connectivity index (χ1v) is 5.33. The van der Waals surface area contributed by atoms with Gasteiger partial charge in [-0.1, -0.05) is 30.3 Å². The second kappa shape index (κ2) is 3.85. The van der Waals surface area contributed by atoms with Crippen LogP contribution in [0.15, 0.2) is 53.7 Å². The van der Waals surface area contributed by atoms with E-state index >= 15 is 0 Å². The van der Waals surface area contributed by atoms with E-state index < -0.39 is 0 Å². The summed E-state index contributed by atoms with van der Waals surface area (Å²) in [6.45, 7) is 0.623. The van der Waals surface area contributed by atoms with E-state index in [1.165, 1.54) is 5.56 Å². The minimum Gasteiger partial charge on any atom is -0.474 e. The van der Waals surface area contributed by atoms with Crippen LogP contribution in [0.1, 0.15) is 17.3 Å². The molecule has 0 spiro atoms. The zero-order valence-electron chi connectivity index (χ0n) is 8.76. The number of H-pyrrole nitrogens is 1. The summed E-state index contributed by atoms with van der Waals surface area (Å²) in [5.74, 6) is 0.707. The SMILES string of the molecule is c1ccc(C2COC(c3ccc[nH]3)=N2)cc1. The summed E-state index contributed by atoms with van der Waals surface area (Å²) < 4.78 is 5.58. The van der Waals surface area contributed by atoms with Crippen LogP contribution in [-0.4, -0.2) is 17.5 Å². The van der Waals surface area contributed by atoms with Crippen LogP contribution >= 0.6 is 0 Å². The van der Waals surface area contributed by atoms with E-state index in [1.807, 2.05) is 36.5 Å². The lowest BCUT2D eigenvalue weighted by atomic mass is 10.1. The van der Waals surface area contributed by atoms with Gasteiger partial charge in [0.15, 0.2) is 0 Å². The number of nitrogens with zero attached hydrogens (tertiary/aromatic N) is 1. The fraction of sp³-hybridized carbons (Fsp3) is 0.154. The maximum absolute atomic E-state index is 5.58. The molecule has 1 N–H and O–H groups in total. The molecule has 1 atom stereocenters. The molecule has 3 rings (SSSR count). The lowest BCUT2D eigenvalue weighted by molar-refractivity contribution is 0.319. The number of hydrogen-bond acceptors (Lipinski definition) is 2. The van der Waals surface area contributed by atoms with E-state index in [0.717, 1.165) is 5.69 Å². The summed E-state index contributed by atoms with van der Waals surface area (Å²) in [6, 6.07) is 14.2. The Morgan fingerprint density at radius 1 is 1.12 bits per heavy atom. The van der Waals surface area contributed by atoms with E-state index in [4.69, 9.17) is 4.74 Å². The van der Waals surface area contributed by atoms with E-state index in [9.17, 15) is 0 Å². The molecule has 3 heteroatoms. The van der Waals surface area contributed by atoms with Gasteiger partial charge in [0.25, 0.3) is 0 Å². The zero-order chi connectivity index (χ0) is 10.8. The molecule has 16 heavy (non-hydrogen) atoms. The van der Waals surface area contributed by atoms with E-state index in [1.54, 1.807) is 0 Å². The molecule has 3 nitrogen and oxygen atoms in total. The normalized spacial score (nSPS) is 19.2. The third kappa shape index (κ3) is 1.60. The predicted molar refractivity (Wildman–Crippen MR) is 62.5 cm³/mol. The zero-order valence-corrected chi connectivity index (χ0v) is 8.76. The van der Waals surface area contributed by atoms with Gasteiger partial charge in [-0.05, 0) is 17.7 Å². The quantitative estimate of drug-likeness (QED) is 0.816. The molecular formula is C13H12N2O. The van der Waals surface area contributed by atoms with E-state index in [-0.39, 0.29) is 6.04 Å². The number of aromatic nitrogens is 1. The smallest absolute Gasteiger partial charge is 0.233 e. The fourth-order valence-corrected chi connectivity index (χ4v) is 1.83. The van der Waals surface area contributed by atoms with Crippen molar-refractivity contribution in [1.82, 2.24) is 4.98 Å².